The summed E-state index contributed by atoms with van der Waals surface area (Å²) >= 11 is 3.42. The van der Waals surface area contributed by atoms with Crippen molar-refractivity contribution in [3.8, 4) is 0 Å². The fraction of sp³-hybridized carbons (Fsp3) is 0.267. The van der Waals surface area contributed by atoms with Gasteiger partial charge in [-0.3, -0.25) is 9.36 Å². The van der Waals surface area contributed by atoms with E-state index in [9.17, 15) is 9.59 Å². The molecule has 0 unspecified atom stereocenters. The fourth-order valence-corrected chi connectivity index (χ4v) is 2.55. The van der Waals surface area contributed by atoms with E-state index in [2.05, 4.69) is 25.7 Å². The van der Waals surface area contributed by atoms with Crippen molar-refractivity contribution in [2.24, 2.45) is 0 Å². The topological polar surface area (TPSA) is 61.2 Å². The molecule has 110 valence electrons. The molecule has 0 atom stereocenters. The van der Waals surface area contributed by atoms with E-state index in [-0.39, 0.29) is 5.56 Å². The molecule has 0 aliphatic rings. The second-order valence-corrected chi connectivity index (χ2v) is 5.52. The number of benzene rings is 1. The van der Waals surface area contributed by atoms with E-state index in [0.717, 1.165) is 10.0 Å². The van der Waals surface area contributed by atoms with Crippen LogP contribution in [0.15, 0.2) is 33.5 Å². The Hall–Kier alpha value is -1.95. The first-order chi connectivity index (χ1) is 9.92. The van der Waals surface area contributed by atoms with Crippen molar-refractivity contribution >= 4 is 21.9 Å². The van der Waals surface area contributed by atoms with Gasteiger partial charge in [-0.25, -0.2) is 9.78 Å². The zero-order valence-corrected chi connectivity index (χ0v) is 13.6. The Bertz CT molecular complexity index is 753. The lowest BCUT2D eigenvalue weighted by atomic mass is 10.1. The number of aryl methyl sites for hydroxylation is 2. The number of ether oxygens (including phenoxy) is 1. The summed E-state index contributed by atoms with van der Waals surface area (Å²) in [7, 11) is 1.34. The van der Waals surface area contributed by atoms with Crippen LogP contribution in [0, 0.1) is 13.8 Å². The molecule has 0 radical (unpaired) electrons. The molecule has 1 heterocycles. The van der Waals surface area contributed by atoms with Crippen LogP contribution in [0.25, 0.3) is 0 Å². The fourth-order valence-electron chi connectivity index (χ4n) is 2.05. The van der Waals surface area contributed by atoms with Crippen molar-refractivity contribution < 1.29 is 9.53 Å². The molecule has 5 nitrogen and oxygen atoms in total. The van der Waals surface area contributed by atoms with Gasteiger partial charge in [0.15, 0.2) is 0 Å². The number of carbonyl (C=O) groups is 1. The Morgan fingerprint density at radius 1 is 1.33 bits per heavy atom. The van der Waals surface area contributed by atoms with Crippen LogP contribution in [0.3, 0.4) is 0 Å². The summed E-state index contributed by atoms with van der Waals surface area (Å²) in [6.45, 7) is 3.98. The van der Waals surface area contributed by atoms with Crippen molar-refractivity contribution in [2.75, 3.05) is 7.11 Å². The van der Waals surface area contributed by atoms with Crippen molar-refractivity contribution in [2.45, 2.75) is 20.4 Å². The second-order valence-electron chi connectivity index (χ2n) is 4.67. The second kappa shape index (κ2) is 6.22. The minimum Gasteiger partial charge on any atom is -0.465 e. The van der Waals surface area contributed by atoms with Crippen LogP contribution in [0.1, 0.15) is 27.4 Å². The van der Waals surface area contributed by atoms with Crippen molar-refractivity contribution in [3.05, 3.63) is 61.7 Å². The monoisotopic (exact) mass is 350 g/mol. The molecule has 1 aromatic carbocycles. The average Bonchev–Trinajstić information content (AvgIpc) is 2.43. The minimum absolute atomic E-state index is 0.0936. The maximum Gasteiger partial charge on any atom is 0.337 e. The molecule has 2 rings (SSSR count). The molecule has 0 aliphatic carbocycles. The van der Waals surface area contributed by atoms with Crippen LogP contribution in [-0.2, 0) is 11.3 Å². The number of methoxy groups -OCH3 is 1. The molecule has 0 fully saturated rings. The number of nitrogens with zero attached hydrogens (tertiary/aromatic N) is 2. The predicted molar refractivity (Wildman–Crippen MR) is 82.6 cm³/mol. The maximum absolute atomic E-state index is 12.0. The number of esters is 1. The predicted octanol–water partition coefficient (Wildman–Crippen LogP) is 2.46. The maximum atomic E-state index is 12.0. The highest BCUT2D eigenvalue weighted by molar-refractivity contribution is 9.10. The number of aromatic nitrogens is 2. The van der Waals surface area contributed by atoms with Gasteiger partial charge in [0.1, 0.15) is 5.82 Å². The number of carbonyl (C=O) groups excluding carboxylic acids is 1. The highest BCUT2D eigenvalue weighted by atomic mass is 79.9. The molecular formula is C15H15BrN2O3. The molecule has 2 aromatic rings. The Morgan fingerprint density at radius 2 is 2.05 bits per heavy atom. The largest absolute Gasteiger partial charge is 0.465 e. The lowest BCUT2D eigenvalue weighted by Gasteiger charge is -2.11. The first-order valence-electron chi connectivity index (χ1n) is 6.34. The lowest BCUT2D eigenvalue weighted by molar-refractivity contribution is 0.0600. The average molecular weight is 351 g/mol. The molecule has 0 bridgehead atoms. The standard InChI is InChI=1S/C15H15BrN2O3/c1-9-6-14(19)18(10(2)17-9)8-12-5-4-11(7-13(12)16)15(20)21-3/h4-7H,8H2,1-3H3. The minimum atomic E-state index is -0.396. The molecule has 0 amide bonds. The van der Waals surface area contributed by atoms with Crippen molar-refractivity contribution in [1.29, 1.82) is 0 Å². The van der Waals surface area contributed by atoms with Crippen molar-refractivity contribution in [3.63, 3.8) is 0 Å². The first kappa shape index (κ1) is 15.4. The first-order valence-corrected chi connectivity index (χ1v) is 7.13. The summed E-state index contributed by atoms with van der Waals surface area (Å²) in [4.78, 5) is 27.8. The molecule has 0 aliphatic heterocycles. The summed E-state index contributed by atoms with van der Waals surface area (Å²) < 4.78 is 7.01. The van der Waals surface area contributed by atoms with Crippen LogP contribution in [0.4, 0.5) is 0 Å². The van der Waals surface area contributed by atoms with E-state index in [1.807, 2.05) is 0 Å². The Balaban J connectivity index is 2.37. The van der Waals surface area contributed by atoms with Crippen LogP contribution in [0.2, 0.25) is 0 Å². The Kier molecular flexibility index (Phi) is 4.57. The van der Waals surface area contributed by atoms with E-state index in [0.29, 0.717) is 23.6 Å². The van der Waals surface area contributed by atoms with Gasteiger partial charge in [-0.2, -0.15) is 0 Å². The number of hydrogen-bond donors (Lipinski definition) is 0. The summed E-state index contributed by atoms with van der Waals surface area (Å²) in [5, 5.41) is 0. The zero-order valence-electron chi connectivity index (χ0n) is 12.0. The van der Waals surface area contributed by atoms with Crippen molar-refractivity contribution in [1.82, 2.24) is 9.55 Å². The van der Waals surface area contributed by atoms with Crippen LogP contribution < -0.4 is 5.56 Å². The van der Waals surface area contributed by atoms with E-state index in [1.54, 1.807) is 36.6 Å². The van der Waals surface area contributed by atoms with Gasteiger partial charge in [-0.1, -0.05) is 22.0 Å². The third-order valence-corrected chi connectivity index (χ3v) is 3.87. The number of hydrogen-bond acceptors (Lipinski definition) is 4. The van der Waals surface area contributed by atoms with E-state index >= 15 is 0 Å². The van der Waals surface area contributed by atoms with Gasteiger partial charge in [-0.05, 0) is 31.5 Å². The van der Waals surface area contributed by atoms with Gasteiger partial charge in [0.25, 0.3) is 5.56 Å². The molecule has 0 N–H and O–H groups in total. The van der Waals surface area contributed by atoms with Crippen LogP contribution in [-0.4, -0.2) is 22.6 Å². The van der Waals surface area contributed by atoms with Gasteiger partial charge < -0.3 is 4.74 Å². The highest BCUT2D eigenvalue weighted by Gasteiger charge is 2.10. The molecule has 1 aromatic heterocycles. The van der Waals surface area contributed by atoms with Gasteiger partial charge in [0.2, 0.25) is 0 Å². The molecule has 0 spiro atoms. The summed E-state index contributed by atoms with van der Waals surface area (Å²) in [5.74, 6) is 0.261. The van der Waals surface area contributed by atoms with Gasteiger partial charge in [-0.15, -0.1) is 0 Å². The molecule has 0 saturated heterocycles. The zero-order chi connectivity index (χ0) is 15.6. The van der Waals surface area contributed by atoms with Crippen LogP contribution >= 0.6 is 15.9 Å². The summed E-state index contributed by atoms with van der Waals surface area (Å²) in [6, 6.07) is 6.66. The number of halogens is 1. The van der Waals surface area contributed by atoms with Gasteiger partial charge >= 0.3 is 5.97 Å². The quantitative estimate of drug-likeness (QED) is 0.797. The van der Waals surface area contributed by atoms with E-state index < -0.39 is 5.97 Å². The Labute approximate surface area is 130 Å². The Morgan fingerprint density at radius 3 is 2.62 bits per heavy atom. The molecule has 21 heavy (non-hydrogen) atoms. The van der Waals surface area contributed by atoms with Gasteiger partial charge in [0.05, 0.1) is 19.2 Å². The molecule has 6 heteroatoms. The normalized spacial score (nSPS) is 10.5. The number of rotatable bonds is 3. The SMILES string of the molecule is COC(=O)c1ccc(Cn2c(C)nc(C)cc2=O)c(Br)c1. The third-order valence-electron chi connectivity index (χ3n) is 3.13. The summed E-state index contributed by atoms with van der Waals surface area (Å²) in [6.07, 6.45) is 0. The smallest absolute Gasteiger partial charge is 0.337 e. The highest BCUT2D eigenvalue weighted by Crippen LogP contribution is 2.20. The molecule has 0 saturated carbocycles. The van der Waals surface area contributed by atoms with E-state index in [4.69, 9.17) is 0 Å². The third kappa shape index (κ3) is 3.39. The van der Waals surface area contributed by atoms with Crippen LogP contribution in [0.5, 0.6) is 0 Å². The lowest BCUT2D eigenvalue weighted by Crippen LogP contribution is -2.24. The molecular weight excluding hydrogens is 336 g/mol. The summed E-state index contributed by atoms with van der Waals surface area (Å²) in [5.41, 5.74) is 1.95. The van der Waals surface area contributed by atoms with E-state index in [1.165, 1.54) is 13.2 Å². The van der Waals surface area contributed by atoms with Gasteiger partial charge in [0, 0.05) is 16.2 Å².